The van der Waals surface area contributed by atoms with Crippen molar-refractivity contribution in [3.8, 4) is 16.9 Å². The monoisotopic (exact) mass is 322 g/mol. The van der Waals surface area contributed by atoms with Crippen molar-refractivity contribution in [3.05, 3.63) is 77.7 Å². The Balaban J connectivity index is 1.80. The Morgan fingerprint density at radius 1 is 1.04 bits per heavy atom. The second kappa shape index (κ2) is 7.04. The van der Waals surface area contributed by atoms with Crippen LogP contribution in [-0.4, -0.2) is 13.1 Å². The van der Waals surface area contributed by atoms with Crippen molar-refractivity contribution in [2.75, 3.05) is 7.11 Å². The first-order valence-electron chi connectivity index (χ1n) is 7.64. The SMILES string of the molecule is COC(=O)c1oc(COc2ccccc2-c2ccccc2)cc1C. The zero-order valence-corrected chi connectivity index (χ0v) is 13.6. The van der Waals surface area contributed by atoms with Gasteiger partial charge in [-0.2, -0.15) is 0 Å². The topological polar surface area (TPSA) is 48.7 Å². The molecule has 3 aromatic rings. The molecule has 0 bridgehead atoms. The number of furan rings is 1. The molecule has 2 aromatic carbocycles. The van der Waals surface area contributed by atoms with Gasteiger partial charge in [0.25, 0.3) is 0 Å². The summed E-state index contributed by atoms with van der Waals surface area (Å²) in [6.45, 7) is 2.04. The van der Waals surface area contributed by atoms with E-state index in [4.69, 9.17) is 13.9 Å². The largest absolute Gasteiger partial charge is 0.485 e. The van der Waals surface area contributed by atoms with Crippen LogP contribution in [0.15, 0.2) is 65.1 Å². The number of ether oxygens (including phenoxy) is 2. The standard InChI is InChI=1S/C20H18O4/c1-14-12-16(24-19(14)20(21)22-2)13-23-18-11-7-6-10-17(18)15-8-4-3-5-9-15/h3-12H,13H2,1-2H3. The molecule has 0 radical (unpaired) electrons. The molecule has 0 amide bonds. The van der Waals surface area contributed by atoms with E-state index in [9.17, 15) is 4.79 Å². The van der Waals surface area contributed by atoms with Crippen LogP contribution in [0.3, 0.4) is 0 Å². The lowest BCUT2D eigenvalue weighted by Gasteiger charge is -2.10. The molecule has 0 aliphatic rings. The molecule has 0 fully saturated rings. The summed E-state index contributed by atoms with van der Waals surface area (Å²) in [6.07, 6.45) is 0. The van der Waals surface area contributed by atoms with E-state index in [1.54, 1.807) is 13.0 Å². The molecule has 0 saturated carbocycles. The molecule has 0 saturated heterocycles. The maximum atomic E-state index is 11.6. The van der Waals surface area contributed by atoms with E-state index < -0.39 is 5.97 Å². The first-order chi connectivity index (χ1) is 11.7. The number of benzene rings is 2. The molecule has 1 aromatic heterocycles. The lowest BCUT2D eigenvalue weighted by Crippen LogP contribution is -2.01. The summed E-state index contributed by atoms with van der Waals surface area (Å²) < 4.78 is 16.1. The molecule has 0 aliphatic carbocycles. The van der Waals surface area contributed by atoms with Gasteiger partial charge in [-0.05, 0) is 24.6 Å². The fourth-order valence-corrected chi connectivity index (χ4v) is 2.51. The molecular formula is C20H18O4. The molecule has 1 heterocycles. The number of rotatable bonds is 5. The number of hydrogen-bond acceptors (Lipinski definition) is 4. The van der Waals surface area contributed by atoms with Crippen molar-refractivity contribution in [2.24, 2.45) is 0 Å². The van der Waals surface area contributed by atoms with Crippen molar-refractivity contribution >= 4 is 5.97 Å². The smallest absolute Gasteiger partial charge is 0.374 e. The van der Waals surface area contributed by atoms with Crippen LogP contribution in [0.5, 0.6) is 5.75 Å². The number of aryl methyl sites for hydroxylation is 1. The Labute approximate surface area is 140 Å². The lowest BCUT2D eigenvalue weighted by molar-refractivity contribution is 0.0560. The van der Waals surface area contributed by atoms with Gasteiger partial charge in [0.15, 0.2) is 0 Å². The van der Waals surface area contributed by atoms with E-state index >= 15 is 0 Å². The van der Waals surface area contributed by atoms with Crippen LogP contribution in [0.4, 0.5) is 0 Å². The van der Waals surface area contributed by atoms with Gasteiger partial charge < -0.3 is 13.9 Å². The van der Waals surface area contributed by atoms with Crippen LogP contribution in [0, 0.1) is 6.92 Å². The van der Waals surface area contributed by atoms with E-state index in [0.29, 0.717) is 5.76 Å². The third-order valence-corrected chi connectivity index (χ3v) is 3.68. The minimum atomic E-state index is -0.483. The number of hydrogen-bond donors (Lipinski definition) is 0. The van der Waals surface area contributed by atoms with E-state index in [1.165, 1.54) is 7.11 Å². The maximum Gasteiger partial charge on any atom is 0.374 e. The average Bonchev–Trinajstić information content (AvgIpc) is 3.01. The van der Waals surface area contributed by atoms with Crippen LogP contribution < -0.4 is 4.74 Å². The van der Waals surface area contributed by atoms with Crippen molar-refractivity contribution in [2.45, 2.75) is 13.5 Å². The highest BCUT2D eigenvalue weighted by Crippen LogP contribution is 2.30. The molecule has 3 rings (SSSR count). The molecule has 122 valence electrons. The quantitative estimate of drug-likeness (QED) is 0.643. The summed E-state index contributed by atoms with van der Waals surface area (Å²) in [5.41, 5.74) is 2.82. The summed E-state index contributed by atoms with van der Waals surface area (Å²) in [6, 6.07) is 19.6. The first kappa shape index (κ1) is 15.9. The van der Waals surface area contributed by atoms with Crippen molar-refractivity contribution in [1.82, 2.24) is 0 Å². The summed E-state index contributed by atoms with van der Waals surface area (Å²) in [5, 5.41) is 0. The summed E-state index contributed by atoms with van der Waals surface area (Å²) in [4.78, 5) is 11.6. The van der Waals surface area contributed by atoms with E-state index in [0.717, 1.165) is 22.4 Å². The molecule has 0 unspecified atom stereocenters. The second-order valence-corrected chi connectivity index (χ2v) is 5.37. The fourth-order valence-electron chi connectivity index (χ4n) is 2.51. The fraction of sp³-hybridized carbons (Fsp3) is 0.150. The first-order valence-corrected chi connectivity index (χ1v) is 7.64. The van der Waals surface area contributed by atoms with Gasteiger partial charge in [-0.3, -0.25) is 0 Å². The highest BCUT2D eigenvalue weighted by atomic mass is 16.5. The van der Waals surface area contributed by atoms with Gasteiger partial charge in [-0.25, -0.2) is 4.79 Å². The van der Waals surface area contributed by atoms with Crippen LogP contribution in [0.25, 0.3) is 11.1 Å². The minimum Gasteiger partial charge on any atom is -0.485 e. The molecule has 4 nitrogen and oxygen atoms in total. The number of carbonyl (C=O) groups is 1. The van der Waals surface area contributed by atoms with Crippen LogP contribution >= 0.6 is 0 Å². The van der Waals surface area contributed by atoms with Gasteiger partial charge >= 0.3 is 5.97 Å². The summed E-state index contributed by atoms with van der Waals surface area (Å²) >= 11 is 0. The number of esters is 1. The molecule has 0 atom stereocenters. The third kappa shape index (κ3) is 3.33. The molecule has 0 N–H and O–H groups in total. The Bertz CT molecular complexity index is 834. The highest BCUT2D eigenvalue weighted by Gasteiger charge is 2.16. The van der Waals surface area contributed by atoms with Crippen LogP contribution in [-0.2, 0) is 11.3 Å². The van der Waals surface area contributed by atoms with Crippen molar-refractivity contribution < 1.29 is 18.7 Å². The Morgan fingerprint density at radius 3 is 2.50 bits per heavy atom. The molecular weight excluding hydrogens is 304 g/mol. The molecule has 4 heteroatoms. The lowest BCUT2D eigenvalue weighted by atomic mass is 10.1. The molecule has 24 heavy (non-hydrogen) atoms. The van der Waals surface area contributed by atoms with E-state index in [-0.39, 0.29) is 12.4 Å². The zero-order chi connectivity index (χ0) is 16.9. The Morgan fingerprint density at radius 2 is 1.75 bits per heavy atom. The maximum absolute atomic E-state index is 11.6. The zero-order valence-electron chi connectivity index (χ0n) is 13.6. The molecule has 0 aliphatic heterocycles. The minimum absolute atomic E-state index is 0.215. The van der Waals surface area contributed by atoms with Gasteiger partial charge in [0.2, 0.25) is 5.76 Å². The van der Waals surface area contributed by atoms with Crippen molar-refractivity contribution in [3.63, 3.8) is 0 Å². The van der Waals surface area contributed by atoms with Gasteiger partial charge in [0.05, 0.1) is 7.11 Å². The third-order valence-electron chi connectivity index (χ3n) is 3.68. The van der Waals surface area contributed by atoms with E-state index in [2.05, 4.69) is 0 Å². The van der Waals surface area contributed by atoms with E-state index in [1.807, 2.05) is 54.6 Å². The number of para-hydroxylation sites is 1. The van der Waals surface area contributed by atoms with Gasteiger partial charge in [0, 0.05) is 11.1 Å². The average molecular weight is 322 g/mol. The van der Waals surface area contributed by atoms with Crippen LogP contribution in [0.1, 0.15) is 21.9 Å². The normalized spacial score (nSPS) is 10.4. The number of carbonyl (C=O) groups excluding carboxylic acids is 1. The Hall–Kier alpha value is -3.01. The van der Waals surface area contributed by atoms with Crippen molar-refractivity contribution in [1.29, 1.82) is 0 Å². The van der Waals surface area contributed by atoms with Gasteiger partial charge in [-0.1, -0.05) is 48.5 Å². The summed E-state index contributed by atoms with van der Waals surface area (Å²) in [7, 11) is 1.33. The second-order valence-electron chi connectivity index (χ2n) is 5.37. The van der Waals surface area contributed by atoms with Crippen LogP contribution in [0.2, 0.25) is 0 Å². The molecule has 0 spiro atoms. The predicted molar refractivity (Wildman–Crippen MR) is 91.0 cm³/mol. The predicted octanol–water partition coefficient (Wildman–Crippen LogP) is 4.62. The van der Waals surface area contributed by atoms with Gasteiger partial charge in [0.1, 0.15) is 18.1 Å². The summed E-state index contributed by atoms with van der Waals surface area (Å²) in [5.74, 6) is 1.07. The number of methoxy groups -OCH3 is 1. The van der Waals surface area contributed by atoms with Gasteiger partial charge in [-0.15, -0.1) is 0 Å². The highest BCUT2D eigenvalue weighted by molar-refractivity contribution is 5.87. The Kier molecular flexibility index (Phi) is 4.66.